The molecule has 194 valence electrons. The number of carbonyl (C=O) groups excluding carboxylic acids is 1. The minimum Gasteiger partial charge on any atom is -0.463 e. The highest BCUT2D eigenvalue weighted by atomic mass is 32.1. The van der Waals surface area contributed by atoms with Crippen LogP contribution in [0.5, 0.6) is 6.01 Å². The number of halogens is 3. The summed E-state index contributed by atoms with van der Waals surface area (Å²) in [6.07, 6.45) is 1.83. The summed E-state index contributed by atoms with van der Waals surface area (Å²) in [6.45, 7) is 2.77. The van der Waals surface area contributed by atoms with E-state index in [1.807, 2.05) is 11.0 Å². The number of ether oxygens (including phenoxy) is 1. The van der Waals surface area contributed by atoms with E-state index in [1.165, 1.54) is 0 Å². The van der Waals surface area contributed by atoms with E-state index in [4.69, 9.17) is 4.74 Å². The van der Waals surface area contributed by atoms with Gasteiger partial charge in [0.15, 0.2) is 5.82 Å². The molecule has 9 nitrogen and oxygen atoms in total. The SMILES string of the molecule is CCCc1cc2c(N3CCn4c(nnc4C(F)(F)F)C3)nc(OCCC(=O)NC3CCCC3)nc2s1. The van der Waals surface area contributed by atoms with E-state index in [0.29, 0.717) is 12.4 Å². The van der Waals surface area contributed by atoms with Gasteiger partial charge in [-0.1, -0.05) is 26.2 Å². The van der Waals surface area contributed by atoms with Crippen molar-refractivity contribution in [3.05, 3.63) is 22.6 Å². The van der Waals surface area contributed by atoms with Crippen molar-refractivity contribution in [2.45, 2.75) is 77.2 Å². The number of thiophene rings is 1. The quantitative estimate of drug-likeness (QED) is 0.475. The van der Waals surface area contributed by atoms with Gasteiger partial charge in [-0.2, -0.15) is 23.1 Å². The molecular formula is C23H28F3N7O2S. The molecule has 0 bridgehead atoms. The largest absolute Gasteiger partial charge is 0.463 e. The zero-order chi connectivity index (χ0) is 25.3. The number of alkyl halides is 3. The Morgan fingerprint density at radius 2 is 2.03 bits per heavy atom. The van der Waals surface area contributed by atoms with E-state index in [0.717, 1.165) is 58.2 Å². The van der Waals surface area contributed by atoms with Crippen LogP contribution in [0.25, 0.3) is 10.2 Å². The van der Waals surface area contributed by atoms with Crippen LogP contribution in [0.15, 0.2) is 6.07 Å². The molecule has 0 radical (unpaired) electrons. The Morgan fingerprint density at radius 3 is 2.78 bits per heavy atom. The van der Waals surface area contributed by atoms with Gasteiger partial charge in [-0.05, 0) is 25.3 Å². The van der Waals surface area contributed by atoms with Crippen molar-refractivity contribution in [1.82, 2.24) is 30.0 Å². The molecule has 13 heteroatoms. The molecule has 0 saturated heterocycles. The fraction of sp³-hybridized carbons (Fsp3) is 0.609. The first-order chi connectivity index (χ1) is 17.3. The Kier molecular flexibility index (Phi) is 7.00. The molecule has 1 fully saturated rings. The summed E-state index contributed by atoms with van der Waals surface area (Å²) in [6, 6.07) is 2.44. The van der Waals surface area contributed by atoms with E-state index >= 15 is 0 Å². The second-order valence-corrected chi connectivity index (χ2v) is 10.3. The Labute approximate surface area is 210 Å². The van der Waals surface area contributed by atoms with Gasteiger partial charge in [0.2, 0.25) is 11.7 Å². The van der Waals surface area contributed by atoms with Gasteiger partial charge >= 0.3 is 12.2 Å². The van der Waals surface area contributed by atoms with Crippen molar-refractivity contribution < 1.29 is 22.7 Å². The van der Waals surface area contributed by atoms with Crippen molar-refractivity contribution in [2.75, 3.05) is 18.1 Å². The number of aryl methyl sites for hydroxylation is 1. The topological polar surface area (TPSA) is 98.1 Å². The Morgan fingerprint density at radius 1 is 1.22 bits per heavy atom. The third-order valence-corrected chi connectivity index (χ3v) is 7.58. The molecule has 1 aliphatic carbocycles. The van der Waals surface area contributed by atoms with Gasteiger partial charge in [0.05, 0.1) is 18.4 Å². The van der Waals surface area contributed by atoms with Gasteiger partial charge in [-0.3, -0.25) is 4.79 Å². The highest BCUT2D eigenvalue weighted by Crippen LogP contribution is 2.36. The molecular weight excluding hydrogens is 495 g/mol. The lowest BCUT2D eigenvalue weighted by Gasteiger charge is -2.29. The number of rotatable bonds is 8. The van der Waals surface area contributed by atoms with Crippen LogP contribution in [-0.2, 0) is 30.5 Å². The number of nitrogens with one attached hydrogen (secondary N) is 1. The zero-order valence-corrected chi connectivity index (χ0v) is 20.8. The van der Waals surface area contributed by atoms with Gasteiger partial charge in [-0.15, -0.1) is 21.5 Å². The van der Waals surface area contributed by atoms with Crippen molar-refractivity contribution in [3.8, 4) is 6.01 Å². The molecule has 0 atom stereocenters. The molecule has 1 N–H and O–H groups in total. The summed E-state index contributed by atoms with van der Waals surface area (Å²) in [5.74, 6) is -0.215. The lowest BCUT2D eigenvalue weighted by molar-refractivity contribution is -0.147. The maximum atomic E-state index is 13.3. The average Bonchev–Trinajstić information content (AvgIpc) is 3.57. The number of anilines is 1. The third-order valence-electron chi connectivity index (χ3n) is 6.49. The summed E-state index contributed by atoms with van der Waals surface area (Å²) in [5, 5.41) is 11.0. The van der Waals surface area contributed by atoms with Gasteiger partial charge < -0.3 is 19.5 Å². The standard InChI is InChI=1S/C23H28F3N7O2S/c1-2-5-15-12-16-19(32-9-10-33-17(13-32)30-31-21(33)23(24,25)26)28-22(29-20(16)36-15)35-11-8-18(34)27-14-6-3-4-7-14/h12,14H,2-11,13H2,1H3,(H,27,34). The van der Waals surface area contributed by atoms with Crippen molar-refractivity contribution in [2.24, 2.45) is 0 Å². The van der Waals surface area contributed by atoms with E-state index in [2.05, 4.69) is 32.4 Å². The first-order valence-electron chi connectivity index (χ1n) is 12.3. The number of hydrogen-bond acceptors (Lipinski definition) is 8. The van der Waals surface area contributed by atoms with Crippen molar-refractivity contribution in [1.29, 1.82) is 0 Å². The van der Waals surface area contributed by atoms with Gasteiger partial charge in [0.25, 0.3) is 0 Å². The number of amides is 1. The van der Waals surface area contributed by atoms with E-state index in [9.17, 15) is 18.0 Å². The van der Waals surface area contributed by atoms with Crippen LogP contribution in [0.3, 0.4) is 0 Å². The number of aromatic nitrogens is 5. The molecule has 3 aromatic heterocycles. The first-order valence-corrected chi connectivity index (χ1v) is 13.1. The molecule has 1 saturated carbocycles. The van der Waals surface area contributed by atoms with E-state index in [1.54, 1.807) is 11.3 Å². The normalized spacial score (nSPS) is 16.5. The minimum atomic E-state index is -4.55. The molecule has 0 aromatic carbocycles. The highest BCUT2D eigenvalue weighted by molar-refractivity contribution is 7.18. The van der Waals surface area contributed by atoms with Gasteiger partial charge in [0.1, 0.15) is 17.3 Å². The number of nitrogens with zero attached hydrogens (tertiary/aromatic N) is 6. The lowest BCUT2D eigenvalue weighted by Crippen LogP contribution is -2.36. The number of fused-ring (bicyclic) bond motifs is 2. The Hall–Kier alpha value is -2.96. The third kappa shape index (κ3) is 5.25. The molecule has 1 amide bonds. The zero-order valence-electron chi connectivity index (χ0n) is 20.0. The summed E-state index contributed by atoms with van der Waals surface area (Å²) in [4.78, 5) is 25.2. The van der Waals surface area contributed by atoms with Crippen molar-refractivity contribution >= 4 is 33.3 Å². The maximum absolute atomic E-state index is 13.3. The molecule has 4 heterocycles. The fourth-order valence-electron chi connectivity index (χ4n) is 4.77. The monoisotopic (exact) mass is 523 g/mol. The fourth-order valence-corrected chi connectivity index (χ4v) is 5.88. The molecule has 0 unspecified atom stereocenters. The molecule has 0 spiro atoms. The molecule has 1 aliphatic heterocycles. The first kappa shape index (κ1) is 24.7. The average molecular weight is 524 g/mol. The molecule has 3 aromatic rings. The van der Waals surface area contributed by atoms with E-state index in [-0.39, 0.29) is 49.9 Å². The summed E-state index contributed by atoms with van der Waals surface area (Å²) in [7, 11) is 0. The smallest absolute Gasteiger partial charge is 0.451 e. The Bertz CT molecular complexity index is 1240. The molecule has 36 heavy (non-hydrogen) atoms. The summed E-state index contributed by atoms with van der Waals surface area (Å²) >= 11 is 1.55. The van der Waals surface area contributed by atoms with Crippen LogP contribution < -0.4 is 15.0 Å². The van der Waals surface area contributed by atoms with Crippen molar-refractivity contribution in [3.63, 3.8) is 0 Å². The number of hydrogen-bond donors (Lipinski definition) is 1. The summed E-state index contributed by atoms with van der Waals surface area (Å²) in [5.41, 5.74) is 0. The van der Waals surface area contributed by atoms with Crippen LogP contribution in [0, 0.1) is 0 Å². The number of carbonyl (C=O) groups is 1. The van der Waals surface area contributed by atoms with E-state index < -0.39 is 12.0 Å². The van der Waals surface area contributed by atoms with Crippen LogP contribution >= 0.6 is 11.3 Å². The van der Waals surface area contributed by atoms with Crippen LogP contribution in [0.2, 0.25) is 0 Å². The van der Waals surface area contributed by atoms with Gasteiger partial charge in [-0.25, -0.2) is 0 Å². The predicted molar refractivity (Wildman–Crippen MR) is 128 cm³/mol. The lowest BCUT2D eigenvalue weighted by atomic mass is 10.2. The second kappa shape index (κ2) is 10.2. The summed E-state index contributed by atoms with van der Waals surface area (Å²) < 4.78 is 46.7. The molecule has 5 rings (SSSR count). The molecule has 2 aliphatic rings. The minimum absolute atomic E-state index is 0.0552. The maximum Gasteiger partial charge on any atom is 0.451 e. The highest BCUT2D eigenvalue weighted by Gasteiger charge is 2.39. The van der Waals surface area contributed by atoms with Crippen LogP contribution in [0.1, 0.15) is 62.0 Å². The Balaban J connectivity index is 1.35. The second-order valence-electron chi connectivity index (χ2n) is 9.17. The predicted octanol–water partition coefficient (Wildman–Crippen LogP) is 4.10. The van der Waals surface area contributed by atoms with Crippen LogP contribution in [-0.4, -0.2) is 49.8 Å². The van der Waals surface area contributed by atoms with Gasteiger partial charge in [0, 0.05) is 24.0 Å². The van der Waals surface area contributed by atoms with Crippen LogP contribution in [0.4, 0.5) is 19.0 Å².